The van der Waals surface area contributed by atoms with Gasteiger partial charge >= 0.3 is 0 Å². The van der Waals surface area contributed by atoms with Gasteiger partial charge in [-0.3, -0.25) is 9.59 Å². The average molecular weight is 448 g/mol. The third-order valence-corrected chi connectivity index (χ3v) is 5.44. The zero-order chi connectivity index (χ0) is 23.7. The number of hydrogen-bond acceptors (Lipinski definition) is 4. The minimum absolute atomic E-state index is 0.0273. The van der Waals surface area contributed by atoms with E-state index >= 15 is 0 Å². The van der Waals surface area contributed by atoms with Crippen molar-refractivity contribution in [2.45, 2.75) is 20.8 Å². The van der Waals surface area contributed by atoms with Crippen LogP contribution < -0.4 is 15.0 Å². The number of hydrogen-bond donors (Lipinski definition) is 1. The van der Waals surface area contributed by atoms with Crippen LogP contribution in [0.1, 0.15) is 23.6 Å². The van der Waals surface area contributed by atoms with Gasteiger partial charge in [-0.25, -0.2) is 13.7 Å². The van der Waals surface area contributed by atoms with Crippen molar-refractivity contribution in [3.63, 3.8) is 0 Å². The standard InChI is InChI=1S/C26H22F2N2O3/c1-4-33-20-7-5-6-19(14-20)29-24-23(17-9-8-15(2)16(3)12-17)25(31)30(26(24)32)22-13-18(27)10-11-21(22)28/h5-14,29H,4H2,1-3H3. The summed E-state index contributed by atoms with van der Waals surface area (Å²) in [4.78, 5) is 27.5. The van der Waals surface area contributed by atoms with Crippen molar-refractivity contribution in [3.8, 4) is 5.75 Å². The van der Waals surface area contributed by atoms with Gasteiger partial charge in [0.05, 0.1) is 17.9 Å². The molecule has 7 heteroatoms. The maximum Gasteiger partial charge on any atom is 0.282 e. The van der Waals surface area contributed by atoms with Gasteiger partial charge in [-0.05, 0) is 61.7 Å². The molecule has 0 aliphatic carbocycles. The summed E-state index contributed by atoms with van der Waals surface area (Å²) in [7, 11) is 0. The van der Waals surface area contributed by atoms with Gasteiger partial charge in [0, 0.05) is 17.8 Å². The predicted octanol–water partition coefficient (Wildman–Crippen LogP) is 5.38. The van der Waals surface area contributed by atoms with E-state index in [4.69, 9.17) is 4.74 Å². The summed E-state index contributed by atoms with van der Waals surface area (Å²) < 4.78 is 33.9. The number of carbonyl (C=O) groups is 2. The highest BCUT2D eigenvalue weighted by Crippen LogP contribution is 2.36. The molecule has 0 spiro atoms. The Morgan fingerprint density at radius 1 is 0.909 bits per heavy atom. The van der Waals surface area contributed by atoms with E-state index in [-0.39, 0.29) is 11.3 Å². The number of nitrogens with zero attached hydrogens (tertiary/aromatic N) is 1. The Morgan fingerprint density at radius 2 is 1.70 bits per heavy atom. The molecule has 2 amide bonds. The molecule has 3 aromatic carbocycles. The first-order valence-electron chi connectivity index (χ1n) is 10.5. The average Bonchev–Trinajstić information content (AvgIpc) is 3.02. The maximum absolute atomic E-state index is 14.5. The van der Waals surface area contributed by atoms with Crippen LogP contribution in [-0.4, -0.2) is 18.4 Å². The van der Waals surface area contributed by atoms with Crippen LogP contribution in [0.15, 0.2) is 66.4 Å². The molecule has 0 aromatic heterocycles. The van der Waals surface area contributed by atoms with Crippen molar-refractivity contribution < 1.29 is 23.1 Å². The summed E-state index contributed by atoms with van der Waals surface area (Å²) in [5.41, 5.74) is 2.57. The second kappa shape index (κ2) is 8.86. The van der Waals surface area contributed by atoms with Gasteiger partial charge in [0.1, 0.15) is 23.1 Å². The number of rotatable bonds is 6. The highest BCUT2D eigenvalue weighted by molar-refractivity contribution is 6.46. The number of anilines is 2. The molecule has 1 aliphatic rings. The SMILES string of the molecule is CCOc1cccc(NC2=C(c3ccc(C)c(C)c3)C(=O)N(c3cc(F)ccc3F)C2=O)c1. The van der Waals surface area contributed by atoms with Crippen molar-refractivity contribution in [3.05, 3.63) is 94.7 Å². The Kier molecular flexibility index (Phi) is 5.96. The minimum Gasteiger partial charge on any atom is -0.494 e. The zero-order valence-electron chi connectivity index (χ0n) is 18.4. The van der Waals surface area contributed by atoms with E-state index in [2.05, 4.69) is 5.32 Å². The van der Waals surface area contributed by atoms with Gasteiger partial charge in [-0.2, -0.15) is 0 Å². The van der Waals surface area contributed by atoms with Crippen LogP contribution in [0.25, 0.3) is 5.57 Å². The van der Waals surface area contributed by atoms with Crippen molar-refractivity contribution >= 4 is 28.8 Å². The molecule has 1 aliphatic heterocycles. The Bertz CT molecular complexity index is 1300. The molecule has 5 nitrogen and oxygen atoms in total. The van der Waals surface area contributed by atoms with Crippen LogP contribution in [0, 0.1) is 25.5 Å². The number of amides is 2. The predicted molar refractivity (Wildman–Crippen MR) is 123 cm³/mol. The molecule has 0 atom stereocenters. The van der Waals surface area contributed by atoms with Gasteiger partial charge in [-0.1, -0.05) is 24.3 Å². The smallest absolute Gasteiger partial charge is 0.282 e. The van der Waals surface area contributed by atoms with Crippen molar-refractivity contribution in [1.82, 2.24) is 0 Å². The first-order valence-corrected chi connectivity index (χ1v) is 10.5. The lowest BCUT2D eigenvalue weighted by Crippen LogP contribution is -2.33. The van der Waals surface area contributed by atoms with Crippen LogP contribution in [-0.2, 0) is 9.59 Å². The van der Waals surface area contributed by atoms with E-state index < -0.39 is 29.1 Å². The monoisotopic (exact) mass is 448 g/mol. The second-order valence-corrected chi connectivity index (χ2v) is 7.68. The summed E-state index contributed by atoms with van der Waals surface area (Å²) in [6.07, 6.45) is 0. The Labute approximate surface area is 190 Å². The first kappa shape index (κ1) is 22.2. The maximum atomic E-state index is 14.5. The van der Waals surface area contributed by atoms with E-state index in [9.17, 15) is 18.4 Å². The Morgan fingerprint density at radius 3 is 2.42 bits per heavy atom. The van der Waals surface area contributed by atoms with Gasteiger partial charge in [0.15, 0.2) is 0 Å². The molecule has 0 radical (unpaired) electrons. The quantitative estimate of drug-likeness (QED) is 0.515. The topological polar surface area (TPSA) is 58.6 Å². The molecule has 0 unspecified atom stereocenters. The molecule has 4 rings (SSSR count). The number of imide groups is 1. The molecular formula is C26H22F2N2O3. The van der Waals surface area contributed by atoms with Gasteiger partial charge < -0.3 is 10.1 Å². The Hall–Kier alpha value is -4.00. The zero-order valence-corrected chi connectivity index (χ0v) is 18.4. The summed E-state index contributed by atoms with van der Waals surface area (Å²) >= 11 is 0. The molecule has 168 valence electrons. The van der Waals surface area contributed by atoms with Gasteiger partial charge in [0.2, 0.25) is 0 Å². The number of ether oxygens (including phenoxy) is 1. The van der Waals surface area contributed by atoms with Crippen molar-refractivity contribution in [2.24, 2.45) is 0 Å². The summed E-state index contributed by atoms with van der Waals surface area (Å²) in [6.45, 7) is 6.14. The van der Waals surface area contributed by atoms with Gasteiger partial charge in [0.25, 0.3) is 11.8 Å². The second-order valence-electron chi connectivity index (χ2n) is 7.68. The number of halogens is 2. The summed E-state index contributed by atoms with van der Waals surface area (Å²) in [6, 6.07) is 14.9. The van der Waals surface area contributed by atoms with Crippen LogP contribution in [0.5, 0.6) is 5.75 Å². The highest BCUT2D eigenvalue weighted by atomic mass is 19.1. The molecule has 1 heterocycles. The number of carbonyl (C=O) groups excluding carboxylic acids is 2. The van der Waals surface area contributed by atoms with Crippen molar-refractivity contribution in [2.75, 3.05) is 16.8 Å². The fourth-order valence-electron chi connectivity index (χ4n) is 3.66. The molecule has 1 N–H and O–H groups in total. The van der Waals surface area contributed by atoms with E-state index in [1.54, 1.807) is 36.4 Å². The lowest BCUT2D eigenvalue weighted by Gasteiger charge is -2.16. The fourth-order valence-corrected chi connectivity index (χ4v) is 3.66. The van der Waals surface area contributed by atoms with Crippen molar-refractivity contribution in [1.29, 1.82) is 0 Å². The molecule has 0 fully saturated rings. The molecule has 33 heavy (non-hydrogen) atoms. The summed E-state index contributed by atoms with van der Waals surface area (Å²) in [5, 5.41) is 3.01. The largest absolute Gasteiger partial charge is 0.494 e. The van der Waals surface area contributed by atoms with E-state index in [1.807, 2.05) is 26.8 Å². The van der Waals surface area contributed by atoms with Crippen LogP contribution in [0.4, 0.5) is 20.2 Å². The molecule has 0 saturated heterocycles. The lowest BCUT2D eigenvalue weighted by atomic mass is 9.99. The summed E-state index contributed by atoms with van der Waals surface area (Å²) in [5.74, 6) is -2.57. The van der Waals surface area contributed by atoms with Gasteiger partial charge in [-0.15, -0.1) is 0 Å². The van der Waals surface area contributed by atoms with Crippen LogP contribution in [0.2, 0.25) is 0 Å². The Balaban J connectivity index is 1.85. The third-order valence-electron chi connectivity index (χ3n) is 5.44. The van der Waals surface area contributed by atoms with Crippen LogP contribution in [0.3, 0.4) is 0 Å². The number of benzene rings is 3. The highest BCUT2D eigenvalue weighted by Gasteiger charge is 2.41. The lowest BCUT2D eigenvalue weighted by molar-refractivity contribution is -0.120. The number of aryl methyl sites for hydroxylation is 2. The van der Waals surface area contributed by atoms with E-state index in [0.717, 1.165) is 29.3 Å². The van der Waals surface area contributed by atoms with E-state index in [0.29, 0.717) is 28.5 Å². The molecule has 0 saturated carbocycles. The van der Waals surface area contributed by atoms with Crippen LogP contribution >= 0.6 is 0 Å². The molecular weight excluding hydrogens is 426 g/mol. The van der Waals surface area contributed by atoms with E-state index in [1.165, 1.54) is 0 Å². The first-order chi connectivity index (χ1) is 15.8. The molecule has 3 aromatic rings. The normalized spacial score (nSPS) is 13.7. The minimum atomic E-state index is -0.878. The molecule has 0 bridgehead atoms. The number of nitrogens with one attached hydrogen (secondary N) is 1. The third kappa shape index (κ3) is 4.22. The fraction of sp³-hybridized carbons (Fsp3) is 0.154.